The van der Waals surface area contributed by atoms with Gasteiger partial charge in [-0.25, -0.2) is 4.79 Å². The number of phenolic OH excluding ortho intramolecular Hbond substituents is 1. The molecule has 1 aromatic carbocycles. The fraction of sp³-hybridized carbons (Fsp3) is 0.529. The summed E-state index contributed by atoms with van der Waals surface area (Å²) in [5, 5.41) is 9.48. The van der Waals surface area contributed by atoms with Gasteiger partial charge in [-0.15, -0.1) is 0 Å². The molecule has 0 radical (unpaired) electrons. The first-order valence-corrected chi connectivity index (χ1v) is 9.74. The summed E-state index contributed by atoms with van der Waals surface area (Å²) in [5.74, 6) is -1.41. The van der Waals surface area contributed by atoms with Crippen LogP contribution in [-0.2, 0) is 23.8 Å². The number of benzene rings is 1. The van der Waals surface area contributed by atoms with E-state index in [1.807, 2.05) is 0 Å². The minimum absolute atomic E-state index is 0.0134. The van der Waals surface area contributed by atoms with Crippen molar-refractivity contribution in [2.75, 3.05) is 0 Å². The predicted molar refractivity (Wildman–Crippen MR) is 90.5 cm³/mol. The van der Waals surface area contributed by atoms with E-state index < -0.39 is 32.9 Å². The fourth-order valence-electron chi connectivity index (χ4n) is 2.19. The van der Waals surface area contributed by atoms with Gasteiger partial charge in [-0.1, -0.05) is 57.6 Å². The lowest BCUT2D eigenvalue weighted by Crippen LogP contribution is -2.18. The Morgan fingerprint density at radius 2 is 1.60 bits per heavy atom. The molecular weight excluding hydrogens is 348 g/mol. The van der Waals surface area contributed by atoms with Gasteiger partial charge in [0.15, 0.2) is 0 Å². The Hall–Kier alpha value is -2.09. The lowest BCUT2D eigenvalue weighted by Gasteiger charge is -2.07. The summed E-state index contributed by atoms with van der Waals surface area (Å²) >= 11 is 0. The maximum atomic E-state index is 11.8. The SMILES string of the molecule is CCCCCCCCCC(=O)OC(=O)OS(=O)(=O)c1ccccc1O. The van der Waals surface area contributed by atoms with Gasteiger partial charge in [-0.3, -0.25) is 4.79 Å². The highest BCUT2D eigenvalue weighted by Crippen LogP contribution is 2.23. The maximum absolute atomic E-state index is 11.8. The molecule has 0 bridgehead atoms. The number of ether oxygens (including phenoxy) is 1. The molecule has 25 heavy (non-hydrogen) atoms. The molecule has 0 atom stereocenters. The van der Waals surface area contributed by atoms with Crippen LogP contribution < -0.4 is 0 Å². The van der Waals surface area contributed by atoms with Gasteiger partial charge in [0.1, 0.15) is 10.6 Å². The Bertz CT molecular complexity index is 667. The van der Waals surface area contributed by atoms with Crippen molar-refractivity contribution in [1.82, 2.24) is 0 Å². The van der Waals surface area contributed by atoms with Crippen molar-refractivity contribution < 1.29 is 32.0 Å². The molecule has 0 saturated heterocycles. The molecule has 1 aromatic rings. The summed E-state index contributed by atoms with van der Waals surface area (Å²) in [4.78, 5) is 22.4. The van der Waals surface area contributed by atoms with Gasteiger partial charge >= 0.3 is 22.2 Å². The van der Waals surface area contributed by atoms with Crippen LogP contribution in [0.25, 0.3) is 0 Å². The molecule has 140 valence electrons. The Labute approximate surface area is 148 Å². The van der Waals surface area contributed by atoms with E-state index in [2.05, 4.69) is 15.8 Å². The highest BCUT2D eigenvalue weighted by molar-refractivity contribution is 7.87. The normalized spacial score (nSPS) is 11.1. The number of hydrogen-bond acceptors (Lipinski definition) is 7. The molecular formula is C17H24O7S. The number of rotatable bonds is 10. The molecule has 0 aliphatic heterocycles. The second-order valence-electron chi connectivity index (χ2n) is 5.60. The first-order valence-electron chi connectivity index (χ1n) is 8.34. The topological polar surface area (TPSA) is 107 Å². The Morgan fingerprint density at radius 1 is 1.00 bits per heavy atom. The van der Waals surface area contributed by atoms with E-state index in [1.54, 1.807) is 0 Å². The van der Waals surface area contributed by atoms with Crippen molar-refractivity contribution in [3.8, 4) is 5.75 Å². The van der Waals surface area contributed by atoms with E-state index in [9.17, 15) is 23.1 Å². The van der Waals surface area contributed by atoms with Crippen LogP contribution >= 0.6 is 0 Å². The molecule has 0 amide bonds. The van der Waals surface area contributed by atoms with Crippen LogP contribution in [0.2, 0.25) is 0 Å². The van der Waals surface area contributed by atoms with E-state index in [4.69, 9.17) is 0 Å². The zero-order valence-corrected chi connectivity index (χ0v) is 15.1. The average Bonchev–Trinajstić information content (AvgIpc) is 2.53. The van der Waals surface area contributed by atoms with Crippen LogP contribution in [0.3, 0.4) is 0 Å². The second kappa shape index (κ2) is 10.7. The number of unbranched alkanes of at least 4 members (excludes halogenated alkanes) is 6. The van der Waals surface area contributed by atoms with E-state index in [1.165, 1.54) is 18.6 Å². The standard InChI is InChI=1S/C17H24O7S/c1-2-3-4-5-6-7-8-13-16(19)23-17(20)24-25(21,22)15-12-10-9-11-14(15)18/h9-12,18H,2-8,13H2,1H3. The minimum atomic E-state index is -4.55. The van der Waals surface area contributed by atoms with Gasteiger partial charge in [0.2, 0.25) is 0 Å². The number of hydrogen-bond donors (Lipinski definition) is 1. The largest absolute Gasteiger partial charge is 0.532 e. The highest BCUT2D eigenvalue weighted by Gasteiger charge is 2.25. The Balaban J connectivity index is 2.34. The third-order valence-corrected chi connectivity index (χ3v) is 4.73. The van der Waals surface area contributed by atoms with Gasteiger partial charge < -0.3 is 14.0 Å². The van der Waals surface area contributed by atoms with Gasteiger partial charge in [0.05, 0.1) is 0 Å². The van der Waals surface area contributed by atoms with Crippen molar-refractivity contribution in [1.29, 1.82) is 0 Å². The van der Waals surface area contributed by atoms with Gasteiger partial charge in [-0.05, 0) is 18.6 Å². The van der Waals surface area contributed by atoms with Crippen LogP contribution in [0.5, 0.6) is 5.75 Å². The summed E-state index contributed by atoms with van der Waals surface area (Å²) in [5.41, 5.74) is 0. The third kappa shape index (κ3) is 8.02. The number of phenols is 1. The van der Waals surface area contributed by atoms with Gasteiger partial charge in [0.25, 0.3) is 0 Å². The van der Waals surface area contributed by atoms with Crippen molar-refractivity contribution >= 4 is 22.2 Å². The predicted octanol–water partition coefficient (Wildman–Crippen LogP) is 3.90. The monoisotopic (exact) mass is 372 g/mol. The lowest BCUT2D eigenvalue weighted by atomic mass is 10.1. The highest BCUT2D eigenvalue weighted by atomic mass is 32.2. The van der Waals surface area contributed by atoms with Crippen LogP contribution in [0, 0.1) is 0 Å². The molecule has 0 unspecified atom stereocenters. The van der Waals surface area contributed by atoms with Crippen LogP contribution in [0.4, 0.5) is 4.79 Å². The van der Waals surface area contributed by atoms with E-state index in [-0.39, 0.29) is 6.42 Å². The maximum Gasteiger partial charge on any atom is 0.532 e. The molecule has 0 spiro atoms. The summed E-state index contributed by atoms with van der Waals surface area (Å²) in [6.45, 7) is 2.13. The van der Waals surface area contributed by atoms with Gasteiger partial charge in [0, 0.05) is 6.42 Å². The van der Waals surface area contributed by atoms with Crippen LogP contribution in [0.1, 0.15) is 58.3 Å². The average molecular weight is 372 g/mol. The van der Waals surface area contributed by atoms with Crippen molar-refractivity contribution in [2.45, 2.75) is 63.2 Å². The lowest BCUT2D eigenvalue weighted by molar-refractivity contribution is -0.138. The molecule has 1 rings (SSSR count). The number of para-hydroxylation sites is 1. The second-order valence-corrected chi connectivity index (χ2v) is 7.12. The van der Waals surface area contributed by atoms with E-state index in [0.717, 1.165) is 44.2 Å². The first-order chi connectivity index (χ1) is 11.9. The van der Waals surface area contributed by atoms with Crippen LogP contribution in [0.15, 0.2) is 29.2 Å². The quantitative estimate of drug-likeness (QED) is 0.287. The Kier molecular flexibility index (Phi) is 8.98. The number of carbonyl (C=O) groups excluding carboxylic acids is 2. The molecule has 0 fully saturated rings. The smallest absolute Gasteiger partial charge is 0.506 e. The van der Waals surface area contributed by atoms with Crippen molar-refractivity contribution in [3.63, 3.8) is 0 Å². The van der Waals surface area contributed by atoms with E-state index in [0.29, 0.717) is 6.42 Å². The number of esters is 1. The Morgan fingerprint density at radius 3 is 2.24 bits per heavy atom. The molecule has 7 nitrogen and oxygen atoms in total. The molecule has 0 heterocycles. The van der Waals surface area contributed by atoms with Gasteiger partial charge in [-0.2, -0.15) is 8.42 Å². The molecule has 8 heteroatoms. The summed E-state index contributed by atoms with van der Waals surface area (Å²) in [6.07, 6.45) is 5.41. The first kappa shape index (κ1) is 21.0. The molecule has 0 saturated carbocycles. The van der Waals surface area contributed by atoms with Crippen molar-refractivity contribution in [2.24, 2.45) is 0 Å². The third-order valence-electron chi connectivity index (χ3n) is 3.49. The number of carbonyl (C=O) groups is 2. The summed E-state index contributed by atoms with van der Waals surface area (Å²) in [6, 6.07) is 4.97. The molecule has 0 aliphatic carbocycles. The number of aromatic hydroxyl groups is 1. The summed E-state index contributed by atoms with van der Waals surface area (Å²) < 4.78 is 32.2. The molecule has 0 aromatic heterocycles. The minimum Gasteiger partial charge on any atom is -0.506 e. The van der Waals surface area contributed by atoms with Crippen LogP contribution in [-0.4, -0.2) is 25.6 Å². The fourth-order valence-corrected chi connectivity index (χ4v) is 3.06. The van der Waals surface area contributed by atoms with Crippen molar-refractivity contribution in [3.05, 3.63) is 24.3 Å². The zero-order valence-electron chi connectivity index (χ0n) is 14.3. The zero-order chi connectivity index (χ0) is 18.7. The summed E-state index contributed by atoms with van der Waals surface area (Å²) in [7, 11) is -4.55. The molecule has 0 aliphatic rings. The van der Waals surface area contributed by atoms with E-state index >= 15 is 0 Å². The molecule has 1 N–H and O–H groups in total.